The maximum atomic E-state index is 6.06. The summed E-state index contributed by atoms with van der Waals surface area (Å²) in [6, 6.07) is 12.5. The molecule has 1 N–H and O–H groups in total. The second-order valence-corrected chi connectivity index (χ2v) is 6.02. The molecule has 20 heavy (non-hydrogen) atoms. The van der Waals surface area contributed by atoms with Crippen molar-refractivity contribution in [1.29, 1.82) is 0 Å². The van der Waals surface area contributed by atoms with Crippen molar-refractivity contribution in [3.63, 3.8) is 0 Å². The number of benzene rings is 2. The first-order valence-electron chi connectivity index (χ1n) is 6.72. The standard InChI is InChI=1S/C17H19Cl2N/c1-11-4-5-12(2)15(8-11)10-20-13(3)14-6-7-16(18)17(19)9-14/h4-9,13,20H,10H2,1-3H3. The van der Waals surface area contributed by atoms with Gasteiger partial charge in [-0.15, -0.1) is 0 Å². The molecule has 0 aromatic heterocycles. The molecule has 2 rings (SSSR count). The molecular formula is C17H19Cl2N. The normalized spacial score (nSPS) is 12.4. The predicted molar refractivity (Wildman–Crippen MR) is 87.6 cm³/mol. The van der Waals surface area contributed by atoms with Crippen molar-refractivity contribution < 1.29 is 0 Å². The summed E-state index contributed by atoms with van der Waals surface area (Å²) in [5.74, 6) is 0. The quantitative estimate of drug-likeness (QED) is 0.790. The fourth-order valence-corrected chi connectivity index (χ4v) is 2.46. The van der Waals surface area contributed by atoms with Gasteiger partial charge in [0, 0.05) is 12.6 Å². The van der Waals surface area contributed by atoms with E-state index in [1.54, 1.807) is 0 Å². The van der Waals surface area contributed by atoms with Gasteiger partial charge in [-0.05, 0) is 49.6 Å². The fraction of sp³-hybridized carbons (Fsp3) is 0.294. The molecule has 0 radical (unpaired) electrons. The molecule has 106 valence electrons. The van der Waals surface area contributed by atoms with E-state index in [0.29, 0.717) is 10.0 Å². The average molecular weight is 308 g/mol. The molecular weight excluding hydrogens is 289 g/mol. The van der Waals surface area contributed by atoms with Crippen molar-refractivity contribution in [2.24, 2.45) is 0 Å². The van der Waals surface area contributed by atoms with Gasteiger partial charge in [0.15, 0.2) is 0 Å². The molecule has 0 spiro atoms. The molecule has 0 heterocycles. The molecule has 0 saturated carbocycles. The third kappa shape index (κ3) is 3.76. The molecule has 1 nitrogen and oxygen atoms in total. The van der Waals surface area contributed by atoms with Gasteiger partial charge >= 0.3 is 0 Å². The summed E-state index contributed by atoms with van der Waals surface area (Å²) in [6.07, 6.45) is 0. The van der Waals surface area contributed by atoms with Gasteiger partial charge in [-0.25, -0.2) is 0 Å². The molecule has 1 unspecified atom stereocenters. The predicted octanol–water partition coefficient (Wildman–Crippen LogP) is 5.46. The topological polar surface area (TPSA) is 12.0 Å². The Morgan fingerprint density at radius 1 is 1.00 bits per heavy atom. The minimum Gasteiger partial charge on any atom is -0.306 e. The number of halogens is 2. The Morgan fingerprint density at radius 2 is 1.75 bits per heavy atom. The number of aryl methyl sites for hydroxylation is 2. The Balaban J connectivity index is 2.06. The van der Waals surface area contributed by atoms with E-state index in [1.807, 2.05) is 18.2 Å². The Kier molecular flexibility index (Phi) is 5.09. The number of rotatable bonds is 4. The third-order valence-electron chi connectivity index (χ3n) is 3.55. The van der Waals surface area contributed by atoms with Crippen molar-refractivity contribution in [1.82, 2.24) is 5.32 Å². The summed E-state index contributed by atoms with van der Waals surface area (Å²) in [6.45, 7) is 7.23. The van der Waals surface area contributed by atoms with E-state index in [1.165, 1.54) is 16.7 Å². The molecule has 0 bridgehead atoms. The van der Waals surface area contributed by atoms with Gasteiger partial charge < -0.3 is 5.32 Å². The summed E-state index contributed by atoms with van der Waals surface area (Å²) < 4.78 is 0. The number of hydrogen-bond acceptors (Lipinski definition) is 1. The summed E-state index contributed by atoms with van der Waals surface area (Å²) >= 11 is 12.0. The minimum absolute atomic E-state index is 0.227. The monoisotopic (exact) mass is 307 g/mol. The summed E-state index contributed by atoms with van der Waals surface area (Å²) in [5.41, 5.74) is 5.07. The van der Waals surface area contributed by atoms with Gasteiger partial charge in [0.1, 0.15) is 0 Å². The lowest BCUT2D eigenvalue weighted by atomic mass is 10.0. The SMILES string of the molecule is Cc1ccc(C)c(CNC(C)c2ccc(Cl)c(Cl)c2)c1. The van der Waals surface area contributed by atoms with E-state index in [-0.39, 0.29) is 6.04 Å². The molecule has 0 saturated heterocycles. The van der Waals surface area contributed by atoms with E-state index < -0.39 is 0 Å². The van der Waals surface area contributed by atoms with Crippen molar-refractivity contribution in [3.05, 3.63) is 68.7 Å². The summed E-state index contributed by atoms with van der Waals surface area (Å²) in [4.78, 5) is 0. The van der Waals surface area contributed by atoms with Crippen LogP contribution in [0.25, 0.3) is 0 Å². The van der Waals surface area contributed by atoms with Crippen LogP contribution in [0.15, 0.2) is 36.4 Å². The van der Waals surface area contributed by atoms with Gasteiger partial charge in [0.05, 0.1) is 10.0 Å². The highest BCUT2D eigenvalue weighted by Gasteiger charge is 2.08. The van der Waals surface area contributed by atoms with E-state index in [2.05, 4.69) is 44.3 Å². The van der Waals surface area contributed by atoms with Crippen LogP contribution >= 0.6 is 23.2 Å². The molecule has 0 aliphatic heterocycles. The molecule has 0 amide bonds. The van der Waals surface area contributed by atoms with Gasteiger partial charge in [-0.2, -0.15) is 0 Å². The van der Waals surface area contributed by atoms with Crippen LogP contribution in [-0.4, -0.2) is 0 Å². The van der Waals surface area contributed by atoms with E-state index in [4.69, 9.17) is 23.2 Å². The van der Waals surface area contributed by atoms with Crippen LogP contribution in [0.3, 0.4) is 0 Å². The van der Waals surface area contributed by atoms with Crippen molar-refractivity contribution in [3.8, 4) is 0 Å². The molecule has 0 aliphatic rings. The first kappa shape index (κ1) is 15.4. The zero-order chi connectivity index (χ0) is 14.7. The second-order valence-electron chi connectivity index (χ2n) is 5.21. The molecule has 2 aromatic rings. The van der Waals surface area contributed by atoms with Crippen molar-refractivity contribution in [2.45, 2.75) is 33.4 Å². The lowest BCUT2D eigenvalue weighted by Crippen LogP contribution is -2.18. The number of nitrogens with one attached hydrogen (secondary N) is 1. The van der Waals surface area contributed by atoms with Gasteiger partial charge in [0.25, 0.3) is 0 Å². The maximum absolute atomic E-state index is 6.06. The fourth-order valence-electron chi connectivity index (χ4n) is 2.15. The highest BCUT2D eigenvalue weighted by Crippen LogP contribution is 2.25. The first-order chi connectivity index (χ1) is 9.47. The van der Waals surface area contributed by atoms with Crippen LogP contribution in [0.1, 0.15) is 35.2 Å². The number of hydrogen-bond donors (Lipinski definition) is 1. The maximum Gasteiger partial charge on any atom is 0.0595 e. The lowest BCUT2D eigenvalue weighted by Gasteiger charge is -2.16. The molecule has 1 atom stereocenters. The zero-order valence-corrected chi connectivity index (χ0v) is 13.5. The van der Waals surface area contributed by atoms with Crippen LogP contribution < -0.4 is 5.32 Å². The lowest BCUT2D eigenvalue weighted by molar-refractivity contribution is 0.573. The van der Waals surface area contributed by atoms with Crippen LogP contribution in [0.4, 0.5) is 0 Å². The Labute approximate surface area is 130 Å². The second kappa shape index (κ2) is 6.62. The zero-order valence-electron chi connectivity index (χ0n) is 12.0. The highest BCUT2D eigenvalue weighted by atomic mass is 35.5. The van der Waals surface area contributed by atoms with Gasteiger partial charge in [0.2, 0.25) is 0 Å². The molecule has 0 aliphatic carbocycles. The van der Waals surface area contributed by atoms with Crippen molar-refractivity contribution >= 4 is 23.2 Å². The largest absolute Gasteiger partial charge is 0.306 e. The summed E-state index contributed by atoms with van der Waals surface area (Å²) in [7, 11) is 0. The van der Waals surface area contributed by atoms with Crippen LogP contribution in [0, 0.1) is 13.8 Å². The van der Waals surface area contributed by atoms with Crippen LogP contribution in [0.2, 0.25) is 10.0 Å². The van der Waals surface area contributed by atoms with Crippen LogP contribution in [-0.2, 0) is 6.54 Å². The Bertz CT molecular complexity index is 608. The smallest absolute Gasteiger partial charge is 0.0595 e. The highest BCUT2D eigenvalue weighted by molar-refractivity contribution is 6.42. The Morgan fingerprint density at radius 3 is 2.45 bits per heavy atom. The summed E-state index contributed by atoms with van der Waals surface area (Å²) in [5, 5.41) is 4.72. The van der Waals surface area contributed by atoms with Crippen molar-refractivity contribution in [2.75, 3.05) is 0 Å². The first-order valence-corrected chi connectivity index (χ1v) is 7.47. The third-order valence-corrected chi connectivity index (χ3v) is 4.29. The van der Waals surface area contributed by atoms with Gasteiger partial charge in [-0.3, -0.25) is 0 Å². The average Bonchev–Trinajstić information content (AvgIpc) is 2.42. The van der Waals surface area contributed by atoms with Crippen LogP contribution in [0.5, 0.6) is 0 Å². The van der Waals surface area contributed by atoms with E-state index in [0.717, 1.165) is 12.1 Å². The van der Waals surface area contributed by atoms with E-state index in [9.17, 15) is 0 Å². The van der Waals surface area contributed by atoms with E-state index >= 15 is 0 Å². The molecule has 3 heteroatoms. The van der Waals surface area contributed by atoms with Gasteiger partial charge in [-0.1, -0.05) is 53.0 Å². The minimum atomic E-state index is 0.227. The molecule has 2 aromatic carbocycles. The molecule has 0 fully saturated rings. The Hall–Kier alpha value is -1.02.